The minimum absolute atomic E-state index is 0.0471. The molecule has 0 spiro atoms. The average Bonchev–Trinajstić information content (AvgIpc) is 2.38. The second kappa shape index (κ2) is 7.74. The highest BCUT2D eigenvalue weighted by Gasteiger charge is 2.08. The summed E-state index contributed by atoms with van der Waals surface area (Å²) in [5.41, 5.74) is 1.50. The Morgan fingerprint density at radius 3 is 2.74 bits per heavy atom. The van der Waals surface area contributed by atoms with Gasteiger partial charge in [0.15, 0.2) is 0 Å². The van der Waals surface area contributed by atoms with Crippen LogP contribution in [0.2, 0.25) is 0 Å². The van der Waals surface area contributed by atoms with Gasteiger partial charge in [-0.2, -0.15) is 0 Å². The second-order valence-electron chi connectivity index (χ2n) is 4.56. The van der Waals surface area contributed by atoms with Gasteiger partial charge in [-0.1, -0.05) is 6.92 Å². The Kier molecular flexibility index (Phi) is 6.29. The molecule has 1 amide bonds. The van der Waals surface area contributed by atoms with Crippen LogP contribution in [0.25, 0.3) is 0 Å². The lowest BCUT2D eigenvalue weighted by Gasteiger charge is -2.14. The summed E-state index contributed by atoms with van der Waals surface area (Å²) in [4.78, 5) is 18.5. The number of nitrogens with one attached hydrogen (secondary N) is 2. The van der Waals surface area contributed by atoms with Crippen LogP contribution in [0.15, 0.2) is 12.1 Å². The first kappa shape index (κ1) is 15.4. The highest BCUT2D eigenvalue weighted by molar-refractivity contribution is 5.95. The first-order chi connectivity index (χ1) is 9.06. The van der Waals surface area contributed by atoms with Crippen molar-refractivity contribution in [2.24, 2.45) is 0 Å². The van der Waals surface area contributed by atoms with Crippen LogP contribution in [0.1, 0.15) is 29.9 Å². The van der Waals surface area contributed by atoms with E-state index in [2.05, 4.69) is 27.4 Å². The Bertz CT molecular complexity index is 420. The number of aromatic nitrogens is 1. The lowest BCUT2D eigenvalue weighted by Crippen LogP contribution is -2.33. The maximum atomic E-state index is 12.0. The molecule has 1 aromatic rings. The number of hydrogen-bond donors (Lipinski definition) is 2. The molecule has 0 radical (unpaired) electrons. The Morgan fingerprint density at radius 2 is 2.11 bits per heavy atom. The summed E-state index contributed by atoms with van der Waals surface area (Å²) in [6, 6.07) is 3.59. The van der Waals surface area contributed by atoms with Crippen molar-refractivity contribution in [2.75, 3.05) is 38.5 Å². The van der Waals surface area contributed by atoms with Gasteiger partial charge in [0.05, 0.1) is 0 Å². The second-order valence-corrected chi connectivity index (χ2v) is 4.56. The molecular weight excluding hydrogens is 240 g/mol. The zero-order valence-electron chi connectivity index (χ0n) is 12.3. The van der Waals surface area contributed by atoms with Crippen LogP contribution in [-0.4, -0.2) is 49.0 Å². The fourth-order valence-electron chi connectivity index (χ4n) is 1.69. The highest BCUT2D eigenvalue weighted by Crippen LogP contribution is 2.09. The Balaban J connectivity index is 2.61. The smallest absolute Gasteiger partial charge is 0.251 e. The molecule has 0 atom stereocenters. The molecule has 1 heterocycles. The third-order valence-corrected chi connectivity index (χ3v) is 2.89. The van der Waals surface area contributed by atoms with Crippen molar-refractivity contribution in [1.82, 2.24) is 15.2 Å². The fourth-order valence-corrected chi connectivity index (χ4v) is 1.69. The van der Waals surface area contributed by atoms with Gasteiger partial charge in [-0.15, -0.1) is 0 Å². The van der Waals surface area contributed by atoms with E-state index in [1.54, 1.807) is 12.1 Å². The molecule has 0 saturated carbocycles. The van der Waals surface area contributed by atoms with Crippen molar-refractivity contribution in [3.8, 4) is 0 Å². The van der Waals surface area contributed by atoms with Crippen molar-refractivity contribution in [3.05, 3.63) is 23.4 Å². The third kappa shape index (κ3) is 5.26. The number of carbonyl (C=O) groups is 1. The largest absolute Gasteiger partial charge is 0.370 e. The van der Waals surface area contributed by atoms with E-state index in [1.807, 2.05) is 20.9 Å². The van der Waals surface area contributed by atoms with Crippen molar-refractivity contribution >= 4 is 11.7 Å². The van der Waals surface area contributed by atoms with Crippen molar-refractivity contribution in [2.45, 2.75) is 20.8 Å². The van der Waals surface area contributed by atoms with Crippen LogP contribution < -0.4 is 10.6 Å². The predicted octanol–water partition coefficient (Wildman–Crippen LogP) is 1.50. The van der Waals surface area contributed by atoms with E-state index >= 15 is 0 Å². The number of likely N-dealkylation sites (N-methyl/N-ethyl adjacent to an activating group) is 1. The van der Waals surface area contributed by atoms with E-state index < -0.39 is 0 Å². The topological polar surface area (TPSA) is 57.3 Å². The van der Waals surface area contributed by atoms with Crippen LogP contribution in [0.5, 0.6) is 0 Å². The summed E-state index contributed by atoms with van der Waals surface area (Å²) in [5.74, 6) is 0.701. The summed E-state index contributed by atoms with van der Waals surface area (Å²) in [6.07, 6.45) is 0. The highest BCUT2D eigenvalue weighted by atomic mass is 16.1. The lowest BCUT2D eigenvalue weighted by molar-refractivity contribution is 0.0950. The predicted molar refractivity (Wildman–Crippen MR) is 78.6 cm³/mol. The molecule has 5 heteroatoms. The van der Waals surface area contributed by atoms with Crippen molar-refractivity contribution in [3.63, 3.8) is 0 Å². The van der Waals surface area contributed by atoms with Crippen LogP contribution in [0.3, 0.4) is 0 Å². The molecule has 0 unspecified atom stereocenters. The maximum Gasteiger partial charge on any atom is 0.251 e. The van der Waals surface area contributed by atoms with Gasteiger partial charge in [-0.05, 0) is 39.6 Å². The van der Waals surface area contributed by atoms with Crippen molar-refractivity contribution in [1.29, 1.82) is 0 Å². The van der Waals surface area contributed by atoms with Gasteiger partial charge in [0.2, 0.25) is 0 Å². The molecule has 0 aliphatic carbocycles. The summed E-state index contributed by atoms with van der Waals surface area (Å²) in [5, 5.41) is 6.05. The van der Waals surface area contributed by atoms with E-state index in [0.717, 1.165) is 31.1 Å². The monoisotopic (exact) mass is 264 g/mol. The summed E-state index contributed by atoms with van der Waals surface area (Å²) in [6.45, 7) is 9.27. The Morgan fingerprint density at radius 1 is 1.37 bits per heavy atom. The fraction of sp³-hybridized carbons (Fsp3) is 0.571. The molecule has 0 bridgehead atoms. The van der Waals surface area contributed by atoms with Gasteiger partial charge in [0.25, 0.3) is 5.91 Å². The van der Waals surface area contributed by atoms with E-state index in [-0.39, 0.29) is 5.91 Å². The molecule has 0 aliphatic heterocycles. The minimum atomic E-state index is -0.0471. The van der Waals surface area contributed by atoms with E-state index in [9.17, 15) is 4.79 Å². The molecule has 2 N–H and O–H groups in total. The van der Waals surface area contributed by atoms with Crippen LogP contribution >= 0.6 is 0 Å². The maximum absolute atomic E-state index is 12.0. The number of pyridine rings is 1. The zero-order chi connectivity index (χ0) is 14.3. The van der Waals surface area contributed by atoms with E-state index in [4.69, 9.17) is 0 Å². The van der Waals surface area contributed by atoms with Crippen LogP contribution in [-0.2, 0) is 0 Å². The molecule has 106 valence electrons. The quantitative estimate of drug-likeness (QED) is 0.783. The van der Waals surface area contributed by atoms with Gasteiger partial charge in [-0.25, -0.2) is 4.98 Å². The SMILES string of the molecule is CCNc1cc(C(=O)NCCN(C)CC)cc(C)n1. The van der Waals surface area contributed by atoms with E-state index in [0.29, 0.717) is 12.1 Å². The summed E-state index contributed by atoms with van der Waals surface area (Å²) < 4.78 is 0. The molecule has 0 aliphatic rings. The minimum Gasteiger partial charge on any atom is -0.370 e. The van der Waals surface area contributed by atoms with Gasteiger partial charge >= 0.3 is 0 Å². The van der Waals surface area contributed by atoms with Gasteiger partial charge < -0.3 is 15.5 Å². The number of aryl methyl sites for hydroxylation is 1. The number of hydrogen-bond acceptors (Lipinski definition) is 4. The van der Waals surface area contributed by atoms with Gasteiger partial charge in [0.1, 0.15) is 5.82 Å². The third-order valence-electron chi connectivity index (χ3n) is 2.89. The Labute approximate surface area is 115 Å². The van der Waals surface area contributed by atoms with Crippen LogP contribution in [0.4, 0.5) is 5.82 Å². The first-order valence-electron chi connectivity index (χ1n) is 6.76. The molecule has 0 fully saturated rings. The number of rotatable bonds is 7. The number of carbonyl (C=O) groups excluding carboxylic acids is 1. The van der Waals surface area contributed by atoms with Gasteiger partial charge in [0, 0.05) is 30.9 Å². The molecule has 1 rings (SSSR count). The molecule has 19 heavy (non-hydrogen) atoms. The van der Waals surface area contributed by atoms with Crippen molar-refractivity contribution < 1.29 is 4.79 Å². The molecule has 0 aromatic carbocycles. The zero-order valence-corrected chi connectivity index (χ0v) is 12.3. The van der Waals surface area contributed by atoms with Crippen LogP contribution in [0, 0.1) is 6.92 Å². The Hall–Kier alpha value is -1.62. The lowest BCUT2D eigenvalue weighted by atomic mass is 10.2. The van der Waals surface area contributed by atoms with E-state index in [1.165, 1.54) is 0 Å². The molecule has 0 saturated heterocycles. The molecular formula is C14H24N4O. The average molecular weight is 264 g/mol. The van der Waals surface area contributed by atoms with Gasteiger partial charge in [-0.3, -0.25) is 4.79 Å². The number of amides is 1. The standard InChI is InChI=1S/C14H24N4O/c1-5-15-13-10-12(9-11(3)17-13)14(19)16-7-8-18(4)6-2/h9-10H,5-8H2,1-4H3,(H,15,17)(H,16,19). The molecule has 1 aromatic heterocycles. The normalized spacial score (nSPS) is 10.6. The number of anilines is 1. The summed E-state index contributed by atoms with van der Waals surface area (Å²) >= 11 is 0. The first-order valence-corrected chi connectivity index (χ1v) is 6.76. The summed E-state index contributed by atoms with van der Waals surface area (Å²) in [7, 11) is 2.03. The molecule has 5 nitrogen and oxygen atoms in total. The number of nitrogens with zero attached hydrogens (tertiary/aromatic N) is 2.